The summed E-state index contributed by atoms with van der Waals surface area (Å²) in [5.41, 5.74) is 4.99. The van der Waals surface area contributed by atoms with Gasteiger partial charge in [0.05, 0.1) is 26.4 Å². The van der Waals surface area contributed by atoms with Gasteiger partial charge in [0.15, 0.2) is 8.38 Å². The molecule has 0 spiro atoms. The number of hydrogen-bond acceptors (Lipinski definition) is 8. The Labute approximate surface area is 238 Å². The monoisotopic (exact) mass is 582 g/mol. The van der Waals surface area contributed by atoms with E-state index >= 15 is 0 Å². The van der Waals surface area contributed by atoms with E-state index in [-0.39, 0.29) is 18.1 Å². The van der Waals surface area contributed by atoms with Crippen LogP contribution in [0.2, 0.25) is 0 Å². The van der Waals surface area contributed by atoms with Crippen LogP contribution in [-0.2, 0) is 33.5 Å². The largest absolute Gasteiger partial charge is 0.491 e. The molecule has 41 heavy (non-hydrogen) atoms. The van der Waals surface area contributed by atoms with Crippen molar-refractivity contribution in [3.8, 4) is 5.75 Å². The van der Waals surface area contributed by atoms with Gasteiger partial charge in [-0.3, -0.25) is 14.6 Å². The number of H-pyrrole nitrogens is 1. The Kier molecular flexibility index (Phi) is 11.2. The van der Waals surface area contributed by atoms with Crippen molar-refractivity contribution in [2.24, 2.45) is 0 Å². The van der Waals surface area contributed by atoms with Gasteiger partial charge < -0.3 is 34.1 Å². The van der Waals surface area contributed by atoms with Crippen molar-refractivity contribution in [3.63, 3.8) is 0 Å². The molecule has 218 valence electrons. The summed E-state index contributed by atoms with van der Waals surface area (Å²) >= 11 is 0. The highest BCUT2D eigenvalue weighted by Crippen LogP contribution is 2.24. The first-order valence-electron chi connectivity index (χ1n) is 13.5. The van der Waals surface area contributed by atoms with E-state index in [1.54, 1.807) is 6.20 Å². The highest BCUT2D eigenvalue weighted by Gasteiger charge is 2.10. The van der Waals surface area contributed by atoms with Crippen molar-refractivity contribution < 1.29 is 33.9 Å². The number of hydrogen-bond donors (Lipinski definition) is 4. The van der Waals surface area contributed by atoms with Gasteiger partial charge >= 0.3 is 5.97 Å². The molecule has 2 aromatic heterocycles. The number of fused-ring (bicyclic) bond motifs is 3. The molecule has 0 aliphatic carbocycles. The molecule has 0 amide bonds. The molecule has 0 saturated carbocycles. The van der Waals surface area contributed by atoms with Gasteiger partial charge in [-0.1, -0.05) is 18.2 Å². The number of aromatic amines is 1. The zero-order valence-corrected chi connectivity index (χ0v) is 23.9. The first kappa shape index (κ1) is 30.6. The standard InChI is InChI=1S/C30H35N2O8P/c1-20-16-24(40-13-12-38-10-11-39-14-15-41(36)37)7-6-23(20)5-2-22-17-26-25-8-3-21(4-9-28(33)34)18-27(25)32-30(35)29(26)31-19-22/h3,6-8,16-19,36-37H,2,4-5,9-15H2,1H3,(H,32,35)(H,33,34). The lowest BCUT2D eigenvalue weighted by Crippen LogP contribution is -2.12. The molecule has 2 aromatic carbocycles. The minimum absolute atomic E-state index is 0.0348. The third-order valence-corrected chi connectivity index (χ3v) is 7.29. The fourth-order valence-corrected chi connectivity index (χ4v) is 4.85. The smallest absolute Gasteiger partial charge is 0.303 e. The maximum atomic E-state index is 12.7. The summed E-state index contributed by atoms with van der Waals surface area (Å²) in [5, 5.41) is 10.6. The molecule has 0 radical (unpaired) electrons. The van der Waals surface area contributed by atoms with E-state index in [2.05, 4.69) is 16.0 Å². The normalized spacial score (nSPS) is 11.5. The quantitative estimate of drug-likeness (QED) is 0.0876. The molecule has 0 atom stereocenters. The number of carboxylic acids is 1. The van der Waals surface area contributed by atoms with Crippen LogP contribution < -0.4 is 10.3 Å². The Morgan fingerprint density at radius 2 is 1.68 bits per heavy atom. The maximum absolute atomic E-state index is 12.7. The van der Waals surface area contributed by atoms with Gasteiger partial charge in [-0.25, -0.2) is 0 Å². The number of aliphatic carboxylic acids is 1. The van der Waals surface area contributed by atoms with Gasteiger partial charge in [0.25, 0.3) is 5.56 Å². The lowest BCUT2D eigenvalue weighted by molar-refractivity contribution is -0.136. The zero-order valence-electron chi connectivity index (χ0n) is 23.0. The molecule has 10 nitrogen and oxygen atoms in total. The second kappa shape index (κ2) is 15.0. The Morgan fingerprint density at radius 1 is 0.902 bits per heavy atom. The maximum Gasteiger partial charge on any atom is 0.303 e. The first-order valence-corrected chi connectivity index (χ1v) is 14.9. The summed E-state index contributed by atoms with van der Waals surface area (Å²) in [4.78, 5) is 48.6. The van der Waals surface area contributed by atoms with Crippen LogP contribution in [0.15, 0.2) is 53.5 Å². The molecule has 0 aliphatic rings. The summed E-state index contributed by atoms with van der Waals surface area (Å²) in [6, 6.07) is 13.7. The molecular formula is C30H35N2O8P. The molecule has 4 rings (SSSR count). The highest BCUT2D eigenvalue weighted by molar-refractivity contribution is 7.45. The van der Waals surface area contributed by atoms with Gasteiger partial charge in [0.1, 0.15) is 17.9 Å². The predicted molar refractivity (Wildman–Crippen MR) is 158 cm³/mol. The van der Waals surface area contributed by atoms with Gasteiger partial charge in [0, 0.05) is 35.1 Å². The van der Waals surface area contributed by atoms with Crippen molar-refractivity contribution in [2.75, 3.05) is 39.2 Å². The van der Waals surface area contributed by atoms with Crippen LogP contribution in [0.25, 0.3) is 21.8 Å². The first-order chi connectivity index (χ1) is 19.8. The highest BCUT2D eigenvalue weighted by atomic mass is 31.2. The van der Waals surface area contributed by atoms with Crippen LogP contribution in [0.1, 0.15) is 28.7 Å². The Balaban J connectivity index is 1.32. The molecule has 0 saturated heterocycles. The lowest BCUT2D eigenvalue weighted by atomic mass is 9.99. The number of ether oxygens (including phenoxy) is 3. The van der Waals surface area contributed by atoms with Crippen molar-refractivity contribution >= 4 is 36.2 Å². The predicted octanol–water partition coefficient (Wildman–Crippen LogP) is 3.90. The molecule has 4 aromatic rings. The number of nitrogens with one attached hydrogen (secondary N) is 1. The zero-order chi connectivity index (χ0) is 29.2. The molecule has 0 unspecified atom stereocenters. The van der Waals surface area contributed by atoms with Crippen molar-refractivity contribution in [1.82, 2.24) is 9.97 Å². The van der Waals surface area contributed by atoms with Crippen LogP contribution in [0.4, 0.5) is 0 Å². The van der Waals surface area contributed by atoms with Crippen molar-refractivity contribution in [3.05, 3.63) is 81.3 Å². The van der Waals surface area contributed by atoms with E-state index in [0.29, 0.717) is 50.5 Å². The van der Waals surface area contributed by atoms with E-state index in [4.69, 9.17) is 29.1 Å². The van der Waals surface area contributed by atoms with Crippen molar-refractivity contribution in [2.45, 2.75) is 32.6 Å². The number of carbonyl (C=O) groups is 1. The number of carboxylic acid groups (broad SMARTS) is 1. The minimum atomic E-state index is -1.91. The van der Waals surface area contributed by atoms with Crippen LogP contribution in [0.3, 0.4) is 0 Å². The fourth-order valence-electron chi connectivity index (χ4n) is 4.55. The SMILES string of the molecule is Cc1cc(OCCOCCOCCP(O)O)ccc1CCc1cnc2c(=O)[nH]c3cc(CCC(=O)O)ccc3c2c1. The summed E-state index contributed by atoms with van der Waals surface area (Å²) < 4.78 is 16.5. The summed E-state index contributed by atoms with van der Waals surface area (Å²) in [5.74, 6) is -0.0860. The Bertz CT molecular complexity index is 1540. The van der Waals surface area contributed by atoms with Crippen LogP contribution in [0, 0.1) is 6.92 Å². The summed E-state index contributed by atoms with van der Waals surface area (Å²) in [6.07, 6.45) is 3.98. The fraction of sp³-hybridized carbons (Fsp3) is 0.367. The number of rotatable bonds is 16. The third-order valence-electron chi connectivity index (χ3n) is 6.71. The molecule has 0 aliphatic heterocycles. The van der Waals surface area contributed by atoms with Gasteiger partial charge in [0.2, 0.25) is 0 Å². The Morgan fingerprint density at radius 3 is 2.44 bits per heavy atom. The molecular weight excluding hydrogens is 547 g/mol. The van der Waals surface area contributed by atoms with E-state index in [9.17, 15) is 9.59 Å². The summed E-state index contributed by atoms with van der Waals surface area (Å²) in [6.45, 7) is 4.00. The Hall–Kier alpha value is -3.40. The topological polar surface area (TPSA) is 151 Å². The van der Waals surface area contributed by atoms with Crippen LogP contribution >= 0.6 is 8.38 Å². The molecule has 0 fully saturated rings. The number of benzene rings is 2. The molecule has 0 bridgehead atoms. The third kappa shape index (κ3) is 9.05. The number of pyridine rings is 2. The second-order valence-corrected chi connectivity index (χ2v) is 10.9. The lowest BCUT2D eigenvalue weighted by Gasteiger charge is -2.11. The van der Waals surface area contributed by atoms with Gasteiger partial charge in [-0.05, 0) is 72.7 Å². The number of nitrogens with zero attached hydrogens (tertiary/aromatic N) is 1. The average molecular weight is 583 g/mol. The molecule has 2 heterocycles. The van der Waals surface area contributed by atoms with E-state index in [0.717, 1.165) is 46.1 Å². The van der Waals surface area contributed by atoms with E-state index in [1.165, 1.54) is 5.56 Å². The van der Waals surface area contributed by atoms with Gasteiger partial charge in [-0.2, -0.15) is 0 Å². The number of aromatic nitrogens is 2. The minimum Gasteiger partial charge on any atom is -0.491 e. The molecule has 4 N–H and O–H groups in total. The summed E-state index contributed by atoms with van der Waals surface area (Å²) in [7, 11) is -1.91. The van der Waals surface area contributed by atoms with Crippen molar-refractivity contribution in [1.29, 1.82) is 0 Å². The van der Waals surface area contributed by atoms with Crippen LogP contribution in [-0.4, -0.2) is 70.0 Å². The second-order valence-electron chi connectivity index (χ2n) is 9.72. The average Bonchev–Trinajstić information content (AvgIpc) is 2.94. The van der Waals surface area contributed by atoms with Crippen LogP contribution in [0.5, 0.6) is 5.75 Å². The van der Waals surface area contributed by atoms with E-state index in [1.807, 2.05) is 43.3 Å². The number of aryl methyl sites for hydroxylation is 4. The van der Waals surface area contributed by atoms with E-state index < -0.39 is 14.3 Å². The molecule has 11 heteroatoms. The van der Waals surface area contributed by atoms with Gasteiger partial charge in [-0.15, -0.1) is 0 Å².